The first kappa shape index (κ1) is 19.4. The number of anilines is 1. The second-order valence-electron chi connectivity index (χ2n) is 7.00. The van der Waals surface area contributed by atoms with Crippen molar-refractivity contribution >= 4 is 22.5 Å². The second-order valence-corrected chi connectivity index (χ2v) is 7.00. The van der Waals surface area contributed by atoms with Gasteiger partial charge in [-0.05, 0) is 57.2 Å². The molecule has 1 aliphatic rings. The number of aryl methyl sites for hydroxylation is 1. The molecule has 6 heteroatoms. The van der Waals surface area contributed by atoms with E-state index in [9.17, 15) is 4.79 Å². The largest absolute Gasteiger partial charge is 0.490 e. The summed E-state index contributed by atoms with van der Waals surface area (Å²) in [5.74, 6) is 0.754. The number of nitrogen functional groups attached to an aromatic ring is 1. The molecule has 146 valence electrons. The summed E-state index contributed by atoms with van der Waals surface area (Å²) in [6.07, 6.45) is 4.58. The van der Waals surface area contributed by atoms with Crippen LogP contribution in [0.4, 0.5) is 5.69 Å². The van der Waals surface area contributed by atoms with Crippen LogP contribution in [0.15, 0.2) is 24.3 Å². The van der Waals surface area contributed by atoms with Crippen molar-refractivity contribution in [2.24, 2.45) is 0 Å². The van der Waals surface area contributed by atoms with Gasteiger partial charge in [-0.25, -0.2) is 0 Å². The molecule has 1 saturated carbocycles. The standard InChI is InChI=1S/C21H29N3O3/c1-3-14-12-17(22)21-18(23-14)6-5-7-19(21)27-16-10-8-15(9-11-16)24-20(25)13-26-4-2/h5-7,12,15-16H,3-4,8-11,13H2,1-2H3,(H2,22,23)(H,24,25)/t15-,16-. The minimum absolute atomic E-state index is 0.0409. The molecule has 1 fully saturated rings. The number of ether oxygens (including phenoxy) is 2. The Labute approximate surface area is 160 Å². The molecule has 2 aromatic rings. The zero-order valence-corrected chi connectivity index (χ0v) is 16.2. The molecule has 3 N–H and O–H groups in total. The Morgan fingerprint density at radius 2 is 2.04 bits per heavy atom. The highest BCUT2D eigenvalue weighted by atomic mass is 16.5. The molecule has 0 saturated heterocycles. The predicted octanol–water partition coefficient (Wildman–Crippen LogP) is 3.22. The Bertz CT molecular complexity index is 786. The monoisotopic (exact) mass is 371 g/mol. The topological polar surface area (TPSA) is 86.5 Å². The maximum absolute atomic E-state index is 11.8. The smallest absolute Gasteiger partial charge is 0.246 e. The van der Waals surface area contributed by atoms with Crippen molar-refractivity contribution < 1.29 is 14.3 Å². The van der Waals surface area contributed by atoms with Crippen molar-refractivity contribution in [1.29, 1.82) is 0 Å². The third-order valence-electron chi connectivity index (χ3n) is 5.01. The zero-order chi connectivity index (χ0) is 19.2. The van der Waals surface area contributed by atoms with Gasteiger partial charge in [-0.2, -0.15) is 0 Å². The molecule has 0 bridgehead atoms. The van der Waals surface area contributed by atoms with Crippen LogP contribution in [0.2, 0.25) is 0 Å². The van der Waals surface area contributed by atoms with Gasteiger partial charge < -0.3 is 20.5 Å². The molecule has 3 rings (SSSR count). The molecule has 1 heterocycles. The molecule has 0 aliphatic heterocycles. The normalized spacial score (nSPS) is 19.8. The van der Waals surface area contributed by atoms with Crippen LogP contribution >= 0.6 is 0 Å². The number of nitrogens with zero attached hydrogens (tertiary/aromatic N) is 1. The van der Waals surface area contributed by atoms with Crippen molar-refractivity contribution in [3.05, 3.63) is 30.0 Å². The van der Waals surface area contributed by atoms with E-state index in [2.05, 4.69) is 17.2 Å². The quantitative estimate of drug-likeness (QED) is 0.780. The maximum Gasteiger partial charge on any atom is 0.246 e. The fraction of sp³-hybridized carbons (Fsp3) is 0.524. The van der Waals surface area contributed by atoms with Crippen molar-refractivity contribution in [1.82, 2.24) is 10.3 Å². The first-order valence-corrected chi connectivity index (χ1v) is 9.82. The van der Waals surface area contributed by atoms with Gasteiger partial charge in [0.05, 0.1) is 17.0 Å². The lowest BCUT2D eigenvalue weighted by molar-refractivity contribution is -0.126. The number of amides is 1. The van der Waals surface area contributed by atoms with E-state index in [4.69, 9.17) is 15.2 Å². The van der Waals surface area contributed by atoms with Gasteiger partial charge in [0, 0.05) is 24.0 Å². The summed E-state index contributed by atoms with van der Waals surface area (Å²) in [7, 11) is 0. The molecule has 0 unspecified atom stereocenters. The van der Waals surface area contributed by atoms with Crippen LogP contribution in [-0.2, 0) is 16.0 Å². The number of nitrogens with one attached hydrogen (secondary N) is 1. The highest BCUT2D eigenvalue weighted by molar-refractivity contribution is 5.95. The van der Waals surface area contributed by atoms with E-state index < -0.39 is 0 Å². The zero-order valence-electron chi connectivity index (χ0n) is 16.2. The van der Waals surface area contributed by atoms with Gasteiger partial charge in [-0.3, -0.25) is 9.78 Å². The van der Waals surface area contributed by atoms with E-state index >= 15 is 0 Å². The Balaban J connectivity index is 1.62. The second kappa shape index (κ2) is 9.04. The fourth-order valence-corrected chi connectivity index (χ4v) is 3.59. The molecular formula is C21H29N3O3. The van der Waals surface area contributed by atoms with Gasteiger partial charge in [0.1, 0.15) is 12.4 Å². The predicted molar refractivity (Wildman–Crippen MR) is 107 cm³/mol. The molecule has 0 atom stereocenters. The number of fused-ring (bicyclic) bond motifs is 1. The number of carbonyl (C=O) groups excluding carboxylic acids is 1. The number of pyridine rings is 1. The summed E-state index contributed by atoms with van der Waals surface area (Å²) in [6.45, 7) is 4.64. The van der Waals surface area contributed by atoms with Gasteiger partial charge in [-0.1, -0.05) is 13.0 Å². The van der Waals surface area contributed by atoms with Crippen LogP contribution in [0.5, 0.6) is 5.75 Å². The van der Waals surface area contributed by atoms with Crippen LogP contribution in [0.3, 0.4) is 0 Å². The van der Waals surface area contributed by atoms with Gasteiger partial charge >= 0.3 is 0 Å². The fourth-order valence-electron chi connectivity index (χ4n) is 3.59. The van der Waals surface area contributed by atoms with Crippen molar-refractivity contribution in [2.75, 3.05) is 18.9 Å². The SMILES string of the molecule is CCOCC(=O)N[C@H]1CC[C@H](Oc2cccc3nc(CC)cc(N)c23)CC1. The molecule has 1 aromatic carbocycles. The minimum Gasteiger partial charge on any atom is -0.490 e. The highest BCUT2D eigenvalue weighted by Gasteiger charge is 2.24. The lowest BCUT2D eigenvalue weighted by Gasteiger charge is -2.30. The summed E-state index contributed by atoms with van der Waals surface area (Å²) in [5, 5.41) is 3.93. The summed E-state index contributed by atoms with van der Waals surface area (Å²) in [4.78, 5) is 16.4. The minimum atomic E-state index is -0.0409. The number of carbonyl (C=O) groups is 1. The molecule has 27 heavy (non-hydrogen) atoms. The molecule has 1 aliphatic carbocycles. The lowest BCUT2D eigenvalue weighted by Crippen LogP contribution is -2.41. The van der Waals surface area contributed by atoms with Crippen LogP contribution in [0, 0.1) is 0 Å². The lowest BCUT2D eigenvalue weighted by atomic mass is 9.93. The number of benzene rings is 1. The van der Waals surface area contributed by atoms with E-state index in [0.29, 0.717) is 12.3 Å². The molecule has 1 aromatic heterocycles. The Hall–Kier alpha value is -2.34. The summed E-state index contributed by atoms with van der Waals surface area (Å²) in [5.41, 5.74) is 8.85. The summed E-state index contributed by atoms with van der Waals surface area (Å²) in [6, 6.07) is 8.03. The van der Waals surface area contributed by atoms with Crippen molar-refractivity contribution in [3.8, 4) is 5.75 Å². The Kier molecular flexibility index (Phi) is 6.50. The van der Waals surface area contributed by atoms with Gasteiger partial charge in [0.2, 0.25) is 5.91 Å². The van der Waals surface area contributed by atoms with Crippen molar-refractivity contribution in [3.63, 3.8) is 0 Å². The van der Waals surface area contributed by atoms with E-state index in [0.717, 1.165) is 54.5 Å². The Morgan fingerprint density at radius 3 is 2.74 bits per heavy atom. The number of hydrogen-bond acceptors (Lipinski definition) is 5. The number of rotatable bonds is 7. The Morgan fingerprint density at radius 1 is 1.26 bits per heavy atom. The van der Waals surface area contributed by atoms with E-state index in [1.54, 1.807) is 0 Å². The van der Waals surface area contributed by atoms with E-state index in [-0.39, 0.29) is 24.7 Å². The third kappa shape index (κ3) is 4.89. The molecular weight excluding hydrogens is 342 g/mol. The van der Waals surface area contributed by atoms with Crippen LogP contribution in [0.1, 0.15) is 45.2 Å². The molecule has 6 nitrogen and oxygen atoms in total. The summed E-state index contributed by atoms with van der Waals surface area (Å²) < 4.78 is 11.4. The van der Waals surface area contributed by atoms with Gasteiger partial charge in [-0.15, -0.1) is 0 Å². The average molecular weight is 371 g/mol. The molecule has 0 radical (unpaired) electrons. The molecule has 1 amide bonds. The van der Waals surface area contributed by atoms with Crippen LogP contribution in [0.25, 0.3) is 10.9 Å². The van der Waals surface area contributed by atoms with E-state index in [1.165, 1.54) is 0 Å². The number of nitrogens with two attached hydrogens (primary N) is 1. The first-order chi connectivity index (χ1) is 13.1. The van der Waals surface area contributed by atoms with Crippen LogP contribution in [-0.4, -0.2) is 36.3 Å². The van der Waals surface area contributed by atoms with Crippen molar-refractivity contribution in [2.45, 2.75) is 58.1 Å². The number of hydrogen-bond donors (Lipinski definition) is 2. The maximum atomic E-state index is 11.8. The highest BCUT2D eigenvalue weighted by Crippen LogP contribution is 2.33. The molecule has 0 spiro atoms. The van der Waals surface area contributed by atoms with Gasteiger partial charge in [0.15, 0.2) is 0 Å². The third-order valence-corrected chi connectivity index (χ3v) is 5.01. The van der Waals surface area contributed by atoms with Crippen LogP contribution < -0.4 is 15.8 Å². The van der Waals surface area contributed by atoms with Gasteiger partial charge in [0.25, 0.3) is 0 Å². The number of aromatic nitrogens is 1. The average Bonchev–Trinajstić information content (AvgIpc) is 2.67. The van der Waals surface area contributed by atoms with E-state index in [1.807, 2.05) is 31.2 Å². The summed E-state index contributed by atoms with van der Waals surface area (Å²) >= 11 is 0. The first-order valence-electron chi connectivity index (χ1n) is 9.82.